The molecule has 8 heteroatoms. The molecule has 0 aliphatic carbocycles. The molecule has 1 aliphatic rings. The van der Waals surface area contributed by atoms with E-state index in [2.05, 4.69) is 25.6 Å². The minimum atomic E-state index is -3.46. The van der Waals surface area contributed by atoms with Crippen LogP contribution in [-0.2, 0) is 10.0 Å². The first kappa shape index (κ1) is 15.7. The van der Waals surface area contributed by atoms with Crippen LogP contribution in [-0.4, -0.2) is 39.5 Å². The summed E-state index contributed by atoms with van der Waals surface area (Å²) in [5.74, 6) is 0. The highest BCUT2D eigenvalue weighted by Gasteiger charge is 2.23. The van der Waals surface area contributed by atoms with Gasteiger partial charge in [-0.25, -0.2) is 13.1 Å². The topological polar surface area (TPSA) is 49.4 Å². The minimum Gasteiger partial charge on any atom is -0.302 e. The number of likely N-dealkylation sites (N-methyl/N-ethyl adjacent to an activating group) is 1. The minimum absolute atomic E-state index is 0.253. The van der Waals surface area contributed by atoms with Gasteiger partial charge in [0.1, 0.15) is 4.21 Å². The molecule has 108 valence electrons. The predicted molar refractivity (Wildman–Crippen MR) is 82.5 cm³/mol. The van der Waals surface area contributed by atoms with Gasteiger partial charge in [-0.05, 0) is 48.4 Å². The second-order valence-electron chi connectivity index (χ2n) is 4.67. The lowest BCUT2D eigenvalue weighted by Gasteiger charge is -2.32. The third-order valence-corrected chi connectivity index (χ3v) is 7.69. The number of likely N-dealkylation sites (tertiary alicyclic amines) is 1. The molecule has 2 heterocycles. The van der Waals surface area contributed by atoms with Crippen LogP contribution < -0.4 is 4.72 Å². The van der Waals surface area contributed by atoms with Crippen molar-refractivity contribution >= 4 is 48.9 Å². The van der Waals surface area contributed by atoms with E-state index in [1.807, 2.05) is 7.05 Å². The van der Waals surface area contributed by atoms with Crippen molar-refractivity contribution < 1.29 is 8.42 Å². The lowest BCUT2D eigenvalue weighted by atomic mass is 10.0. The van der Waals surface area contributed by atoms with Crippen molar-refractivity contribution in [3.05, 3.63) is 14.9 Å². The third-order valence-electron chi connectivity index (χ3n) is 3.32. The number of nitrogens with zero attached hydrogens (tertiary/aromatic N) is 1. The summed E-state index contributed by atoms with van der Waals surface area (Å²) in [6.07, 6.45) is 3.38. The van der Waals surface area contributed by atoms with Crippen LogP contribution in [0.4, 0.5) is 0 Å². The molecule has 1 unspecified atom stereocenters. The molecule has 1 atom stereocenters. The van der Waals surface area contributed by atoms with Crippen molar-refractivity contribution in [3.63, 3.8) is 0 Å². The number of hydrogen-bond acceptors (Lipinski definition) is 4. The second kappa shape index (κ2) is 6.41. The number of piperidine rings is 1. The highest BCUT2D eigenvalue weighted by Crippen LogP contribution is 2.34. The lowest BCUT2D eigenvalue weighted by molar-refractivity contribution is 0.187. The molecule has 0 amide bonds. The monoisotopic (exact) mass is 386 g/mol. The Labute approximate surface area is 131 Å². The van der Waals surface area contributed by atoms with Crippen LogP contribution >= 0.6 is 38.9 Å². The Bertz CT molecular complexity index is 527. The first-order valence-corrected chi connectivity index (χ1v) is 9.52. The Kier molecular flexibility index (Phi) is 5.30. The van der Waals surface area contributed by atoms with Crippen molar-refractivity contribution in [2.75, 3.05) is 20.1 Å². The summed E-state index contributed by atoms with van der Waals surface area (Å²) in [6, 6.07) is 1.76. The van der Waals surface area contributed by atoms with Gasteiger partial charge in [-0.2, -0.15) is 0 Å². The van der Waals surface area contributed by atoms with Gasteiger partial charge in [0.2, 0.25) is 10.0 Å². The highest BCUT2D eigenvalue weighted by atomic mass is 79.9. The molecule has 0 bridgehead atoms. The van der Waals surface area contributed by atoms with E-state index >= 15 is 0 Å². The van der Waals surface area contributed by atoms with Crippen molar-refractivity contribution in [3.8, 4) is 0 Å². The van der Waals surface area contributed by atoms with Crippen LogP contribution in [0.5, 0.6) is 0 Å². The normalized spacial score (nSPS) is 21.7. The van der Waals surface area contributed by atoms with E-state index in [9.17, 15) is 8.42 Å². The fraction of sp³-hybridized carbons (Fsp3) is 0.636. The van der Waals surface area contributed by atoms with Crippen molar-refractivity contribution in [2.24, 2.45) is 0 Å². The summed E-state index contributed by atoms with van der Waals surface area (Å²) < 4.78 is 27.9. The van der Waals surface area contributed by atoms with E-state index in [-0.39, 0.29) is 10.3 Å². The van der Waals surface area contributed by atoms with Crippen LogP contribution in [0.2, 0.25) is 5.02 Å². The Hall–Kier alpha value is 0.340. The molecule has 19 heavy (non-hydrogen) atoms. The van der Waals surface area contributed by atoms with Crippen LogP contribution in [0, 0.1) is 0 Å². The van der Waals surface area contributed by atoms with Gasteiger partial charge in [-0.3, -0.25) is 0 Å². The summed E-state index contributed by atoms with van der Waals surface area (Å²) in [7, 11) is -1.42. The number of nitrogens with one attached hydrogen (secondary N) is 1. The Balaban J connectivity index is 2.01. The van der Waals surface area contributed by atoms with E-state index in [0.717, 1.165) is 30.7 Å². The summed E-state index contributed by atoms with van der Waals surface area (Å²) in [5, 5.41) is 0.431. The molecule has 0 radical (unpaired) electrons. The van der Waals surface area contributed by atoms with Gasteiger partial charge >= 0.3 is 0 Å². The molecule has 1 fully saturated rings. The maximum Gasteiger partial charge on any atom is 0.250 e. The number of thiophene rings is 1. The zero-order chi connectivity index (χ0) is 14.0. The summed E-state index contributed by atoms with van der Waals surface area (Å²) >= 11 is 10.2. The molecule has 1 N–H and O–H groups in total. The molecular formula is C11H16BrClN2O2S2. The zero-order valence-corrected chi connectivity index (χ0v) is 14.5. The van der Waals surface area contributed by atoms with Gasteiger partial charge in [0, 0.05) is 12.6 Å². The molecule has 0 aromatic carbocycles. The van der Waals surface area contributed by atoms with E-state index in [1.165, 1.54) is 12.5 Å². The van der Waals surface area contributed by atoms with E-state index < -0.39 is 10.0 Å². The maximum absolute atomic E-state index is 12.1. The standard InChI is InChI=1S/C11H16BrClN2O2S2/c1-15-5-3-2-4-8(15)7-14-19(16,17)10-6-9(13)11(12)18-10/h6,8,14H,2-5,7H2,1H3. The Morgan fingerprint density at radius 2 is 2.32 bits per heavy atom. The molecule has 1 aliphatic heterocycles. The Morgan fingerprint density at radius 3 is 2.89 bits per heavy atom. The van der Waals surface area contributed by atoms with E-state index in [0.29, 0.717) is 15.4 Å². The van der Waals surface area contributed by atoms with Crippen molar-refractivity contribution in [1.82, 2.24) is 9.62 Å². The maximum atomic E-state index is 12.1. The van der Waals surface area contributed by atoms with Crippen LogP contribution in [0.1, 0.15) is 19.3 Å². The highest BCUT2D eigenvalue weighted by molar-refractivity contribution is 9.11. The van der Waals surface area contributed by atoms with Crippen LogP contribution in [0.3, 0.4) is 0 Å². The molecular weight excluding hydrogens is 372 g/mol. The summed E-state index contributed by atoms with van der Waals surface area (Å²) in [5.41, 5.74) is 0. The third kappa shape index (κ3) is 3.92. The second-order valence-corrected chi connectivity index (χ2v) is 9.44. The molecule has 0 spiro atoms. The summed E-state index contributed by atoms with van der Waals surface area (Å²) in [6.45, 7) is 1.48. The van der Waals surface area contributed by atoms with Gasteiger partial charge in [0.25, 0.3) is 0 Å². The van der Waals surface area contributed by atoms with Gasteiger partial charge in [-0.1, -0.05) is 18.0 Å². The number of hydrogen-bond donors (Lipinski definition) is 1. The summed E-state index contributed by atoms with van der Waals surface area (Å²) in [4.78, 5) is 2.21. The van der Waals surface area contributed by atoms with Gasteiger partial charge in [-0.15, -0.1) is 11.3 Å². The van der Waals surface area contributed by atoms with Crippen molar-refractivity contribution in [1.29, 1.82) is 0 Å². The van der Waals surface area contributed by atoms with Gasteiger partial charge in [0.05, 0.1) is 8.81 Å². The largest absolute Gasteiger partial charge is 0.302 e. The van der Waals surface area contributed by atoms with E-state index in [1.54, 1.807) is 0 Å². The van der Waals surface area contributed by atoms with Gasteiger partial charge in [0.15, 0.2) is 0 Å². The zero-order valence-electron chi connectivity index (χ0n) is 10.5. The number of halogens is 2. The molecule has 0 saturated carbocycles. The fourth-order valence-corrected chi connectivity index (χ4v) is 5.65. The van der Waals surface area contributed by atoms with Crippen LogP contribution in [0.15, 0.2) is 14.1 Å². The molecule has 2 rings (SSSR count). The first-order chi connectivity index (χ1) is 8.90. The molecule has 1 aromatic heterocycles. The molecule has 4 nitrogen and oxygen atoms in total. The molecule has 1 saturated heterocycles. The van der Waals surface area contributed by atoms with Crippen molar-refractivity contribution in [2.45, 2.75) is 29.5 Å². The fourth-order valence-electron chi connectivity index (χ4n) is 2.14. The number of rotatable bonds is 4. The Morgan fingerprint density at radius 1 is 1.58 bits per heavy atom. The predicted octanol–water partition coefficient (Wildman–Crippen LogP) is 2.93. The average molecular weight is 388 g/mol. The quantitative estimate of drug-likeness (QED) is 0.864. The SMILES string of the molecule is CN1CCCCC1CNS(=O)(=O)c1cc(Cl)c(Br)s1. The smallest absolute Gasteiger partial charge is 0.250 e. The first-order valence-electron chi connectivity index (χ1n) is 6.05. The van der Waals surface area contributed by atoms with Crippen LogP contribution in [0.25, 0.3) is 0 Å². The van der Waals surface area contributed by atoms with E-state index in [4.69, 9.17) is 11.6 Å². The van der Waals surface area contributed by atoms with Gasteiger partial charge < -0.3 is 4.90 Å². The lowest BCUT2D eigenvalue weighted by Crippen LogP contribution is -2.44. The molecule has 1 aromatic rings. The number of sulfonamides is 1. The average Bonchev–Trinajstić information content (AvgIpc) is 2.70.